The van der Waals surface area contributed by atoms with Crippen molar-refractivity contribution < 1.29 is 22.7 Å². The fourth-order valence-electron chi connectivity index (χ4n) is 5.33. The summed E-state index contributed by atoms with van der Waals surface area (Å²) in [6.07, 6.45) is 0. The molecule has 0 radical (unpaired) electrons. The molecule has 1 aliphatic rings. The van der Waals surface area contributed by atoms with Crippen LogP contribution >= 0.6 is 11.3 Å². The number of piperazine rings is 1. The Kier molecular flexibility index (Phi) is 9.20. The van der Waals surface area contributed by atoms with Crippen molar-refractivity contribution >= 4 is 38.4 Å². The second-order valence-electron chi connectivity index (χ2n) is 11.8. The molecule has 8 nitrogen and oxygen atoms in total. The Morgan fingerprint density at radius 1 is 0.952 bits per heavy atom. The third-order valence-corrected chi connectivity index (χ3v) is 10.8. The lowest BCUT2D eigenvalue weighted by Gasteiger charge is -2.34. The zero-order valence-electron chi connectivity index (χ0n) is 25.8. The van der Waals surface area contributed by atoms with E-state index in [2.05, 4.69) is 26.1 Å². The second kappa shape index (κ2) is 12.2. The van der Waals surface area contributed by atoms with Crippen LogP contribution < -0.4 is 5.32 Å². The Morgan fingerprint density at radius 2 is 1.52 bits per heavy atom. The molecule has 0 atom stereocenters. The van der Waals surface area contributed by atoms with E-state index in [-0.39, 0.29) is 44.2 Å². The number of ether oxygens (including phenoxy) is 1. The SMILES string of the molecule is CCOC(=O)c1c(NC(=O)N2CCN(S(=O)(=O)c3c(C)cc(C(C)(C)C)cc3C)CC2)sc(C)c1-c1ccc(C)cc1. The molecule has 0 spiro atoms. The van der Waals surface area contributed by atoms with Gasteiger partial charge in [-0.15, -0.1) is 11.3 Å². The van der Waals surface area contributed by atoms with Crippen LogP contribution in [0.15, 0.2) is 41.3 Å². The van der Waals surface area contributed by atoms with E-state index in [9.17, 15) is 18.0 Å². The lowest BCUT2D eigenvalue weighted by Crippen LogP contribution is -2.51. The summed E-state index contributed by atoms with van der Waals surface area (Å²) in [6, 6.07) is 11.4. The molecule has 2 amide bonds. The number of nitrogens with zero attached hydrogens (tertiary/aromatic N) is 2. The third-order valence-electron chi connectivity index (χ3n) is 7.57. The van der Waals surface area contributed by atoms with E-state index >= 15 is 0 Å². The largest absolute Gasteiger partial charge is 0.462 e. The normalized spacial score (nSPS) is 14.6. The minimum Gasteiger partial charge on any atom is -0.462 e. The highest BCUT2D eigenvalue weighted by molar-refractivity contribution is 7.89. The van der Waals surface area contributed by atoms with Crippen molar-refractivity contribution in [3.05, 3.63) is 69.1 Å². The Bertz CT molecular complexity index is 1570. The number of amides is 2. The molecule has 42 heavy (non-hydrogen) atoms. The Morgan fingerprint density at radius 3 is 2.05 bits per heavy atom. The molecule has 4 rings (SSSR count). The summed E-state index contributed by atoms with van der Waals surface area (Å²) in [5.74, 6) is -0.494. The maximum absolute atomic E-state index is 13.7. The lowest BCUT2D eigenvalue weighted by molar-refractivity contribution is 0.0529. The van der Waals surface area contributed by atoms with Gasteiger partial charge in [-0.05, 0) is 62.3 Å². The van der Waals surface area contributed by atoms with Crippen molar-refractivity contribution in [2.75, 3.05) is 38.1 Å². The van der Waals surface area contributed by atoms with Gasteiger partial charge in [0.15, 0.2) is 0 Å². The molecule has 1 saturated heterocycles. The number of benzene rings is 2. The van der Waals surface area contributed by atoms with Gasteiger partial charge >= 0.3 is 12.0 Å². The first-order valence-electron chi connectivity index (χ1n) is 14.2. The number of aryl methyl sites for hydroxylation is 4. The maximum Gasteiger partial charge on any atom is 0.341 e. The van der Waals surface area contributed by atoms with Crippen molar-refractivity contribution in [2.45, 2.75) is 65.7 Å². The minimum absolute atomic E-state index is 0.0913. The number of rotatable bonds is 6. The van der Waals surface area contributed by atoms with Gasteiger partial charge in [-0.3, -0.25) is 5.32 Å². The van der Waals surface area contributed by atoms with Crippen LogP contribution in [-0.2, 0) is 20.2 Å². The van der Waals surface area contributed by atoms with Crippen LogP contribution in [0.25, 0.3) is 11.1 Å². The topological polar surface area (TPSA) is 96.0 Å². The van der Waals surface area contributed by atoms with Gasteiger partial charge in [-0.2, -0.15) is 4.31 Å². The highest BCUT2D eigenvalue weighted by Gasteiger charge is 2.34. The van der Waals surface area contributed by atoms with E-state index in [1.54, 1.807) is 11.8 Å². The van der Waals surface area contributed by atoms with Crippen LogP contribution in [0.5, 0.6) is 0 Å². The fraction of sp³-hybridized carbons (Fsp3) is 0.438. The molecule has 0 unspecified atom stereocenters. The summed E-state index contributed by atoms with van der Waals surface area (Å²) in [4.78, 5) is 29.2. The molecule has 2 heterocycles. The highest BCUT2D eigenvalue weighted by atomic mass is 32.2. The summed E-state index contributed by atoms with van der Waals surface area (Å²) in [5, 5.41) is 3.35. The number of carbonyl (C=O) groups is 2. The Labute approximate surface area is 253 Å². The van der Waals surface area contributed by atoms with Gasteiger partial charge in [0.1, 0.15) is 10.6 Å². The summed E-state index contributed by atoms with van der Waals surface area (Å²) in [5.41, 5.74) is 5.51. The number of anilines is 1. The smallest absolute Gasteiger partial charge is 0.341 e. The number of esters is 1. The van der Waals surface area contributed by atoms with Gasteiger partial charge in [0.2, 0.25) is 10.0 Å². The van der Waals surface area contributed by atoms with Crippen molar-refractivity contribution in [3.63, 3.8) is 0 Å². The second-order valence-corrected chi connectivity index (χ2v) is 14.9. The Balaban J connectivity index is 1.53. The monoisotopic (exact) mass is 611 g/mol. The molecule has 1 aromatic heterocycles. The van der Waals surface area contributed by atoms with E-state index in [4.69, 9.17) is 4.74 Å². The predicted molar refractivity (Wildman–Crippen MR) is 169 cm³/mol. The molecule has 1 N–H and O–H groups in total. The van der Waals surface area contributed by atoms with E-state index in [1.807, 2.05) is 64.1 Å². The van der Waals surface area contributed by atoms with Gasteiger partial charge in [0.25, 0.3) is 0 Å². The molecule has 0 saturated carbocycles. The highest BCUT2D eigenvalue weighted by Crippen LogP contribution is 2.41. The third kappa shape index (κ3) is 6.40. The molecule has 1 fully saturated rings. The molecular weight excluding hydrogens is 571 g/mol. The van der Waals surface area contributed by atoms with Gasteiger partial charge in [-0.25, -0.2) is 18.0 Å². The van der Waals surface area contributed by atoms with Gasteiger partial charge in [0, 0.05) is 36.6 Å². The number of nitrogens with one attached hydrogen (secondary N) is 1. The van der Waals surface area contributed by atoms with E-state index in [0.29, 0.717) is 15.5 Å². The summed E-state index contributed by atoms with van der Waals surface area (Å²) < 4.78 is 34.2. The molecule has 0 bridgehead atoms. The summed E-state index contributed by atoms with van der Waals surface area (Å²) in [6.45, 7) is 16.7. The average molecular weight is 612 g/mol. The van der Waals surface area contributed by atoms with Crippen molar-refractivity contribution in [1.29, 1.82) is 0 Å². The number of sulfonamides is 1. The molecule has 2 aromatic carbocycles. The molecule has 226 valence electrons. The first kappa shape index (κ1) is 31.7. The molecule has 0 aliphatic carbocycles. The number of thiophene rings is 1. The number of hydrogen-bond donors (Lipinski definition) is 1. The number of hydrogen-bond acceptors (Lipinski definition) is 6. The van der Waals surface area contributed by atoms with Crippen LogP contribution in [0.1, 0.15) is 65.2 Å². The van der Waals surface area contributed by atoms with E-state index in [1.165, 1.54) is 15.6 Å². The Hall–Kier alpha value is -3.21. The fourth-order valence-corrected chi connectivity index (χ4v) is 8.21. The van der Waals surface area contributed by atoms with Crippen LogP contribution in [0.4, 0.5) is 9.80 Å². The minimum atomic E-state index is -3.74. The van der Waals surface area contributed by atoms with Gasteiger partial charge < -0.3 is 9.64 Å². The van der Waals surface area contributed by atoms with Crippen LogP contribution in [0.2, 0.25) is 0 Å². The summed E-state index contributed by atoms with van der Waals surface area (Å²) in [7, 11) is -3.74. The molecule has 3 aromatic rings. The van der Waals surface area contributed by atoms with Crippen molar-refractivity contribution in [3.8, 4) is 11.1 Å². The predicted octanol–water partition coefficient (Wildman–Crippen LogP) is 6.66. The van der Waals surface area contributed by atoms with E-state index < -0.39 is 16.0 Å². The molecular formula is C32H41N3O5S2. The lowest BCUT2D eigenvalue weighted by atomic mass is 9.85. The van der Waals surface area contributed by atoms with Crippen molar-refractivity contribution in [1.82, 2.24) is 9.21 Å². The van der Waals surface area contributed by atoms with Crippen LogP contribution in [-0.4, -0.2) is 62.4 Å². The number of carbonyl (C=O) groups excluding carboxylic acids is 2. The van der Waals surface area contributed by atoms with Crippen LogP contribution in [0, 0.1) is 27.7 Å². The van der Waals surface area contributed by atoms with Crippen LogP contribution in [0.3, 0.4) is 0 Å². The van der Waals surface area contributed by atoms with Gasteiger partial charge in [-0.1, -0.05) is 62.7 Å². The average Bonchev–Trinajstić information content (AvgIpc) is 3.23. The first-order valence-corrected chi connectivity index (χ1v) is 16.5. The van der Waals surface area contributed by atoms with Crippen molar-refractivity contribution in [2.24, 2.45) is 0 Å². The zero-order chi connectivity index (χ0) is 31.0. The zero-order valence-corrected chi connectivity index (χ0v) is 27.4. The molecule has 10 heteroatoms. The molecule has 1 aliphatic heterocycles. The number of urea groups is 1. The maximum atomic E-state index is 13.7. The summed E-state index contributed by atoms with van der Waals surface area (Å²) >= 11 is 1.33. The first-order chi connectivity index (χ1) is 19.6. The van der Waals surface area contributed by atoms with Gasteiger partial charge in [0.05, 0.1) is 11.5 Å². The van der Waals surface area contributed by atoms with E-state index in [0.717, 1.165) is 38.3 Å². The standard InChI is InChI=1S/C32H41N3O5S2/c1-9-40-30(36)27-26(24-12-10-20(2)11-13-24)23(5)41-29(27)33-31(37)34-14-16-35(17-15-34)42(38,39)28-21(3)18-25(19-22(28)4)32(6,7)8/h10-13,18-19H,9,14-17H2,1-8H3,(H,33,37). The quantitative estimate of drug-likeness (QED) is 0.315.